The van der Waals surface area contributed by atoms with Crippen molar-refractivity contribution in [2.45, 2.75) is 46.6 Å². The number of thiophene rings is 1. The van der Waals surface area contributed by atoms with Crippen LogP contribution < -0.4 is 15.8 Å². The summed E-state index contributed by atoms with van der Waals surface area (Å²) in [6, 6.07) is 6.41. The number of benzene rings is 1. The Balaban J connectivity index is 1.58. The van der Waals surface area contributed by atoms with Crippen LogP contribution in [-0.2, 0) is 0 Å². The molecule has 0 aliphatic carbocycles. The molecule has 1 aromatic carbocycles. The molecule has 4 rings (SSSR count). The average Bonchev–Trinajstić information content (AvgIpc) is 3.24. The van der Waals surface area contributed by atoms with Crippen LogP contribution in [0.25, 0.3) is 10.2 Å². The van der Waals surface area contributed by atoms with Crippen molar-refractivity contribution in [1.29, 1.82) is 0 Å². The summed E-state index contributed by atoms with van der Waals surface area (Å²) in [6.45, 7) is 10.5. The van der Waals surface area contributed by atoms with Crippen molar-refractivity contribution >= 4 is 32.9 Å². The Morgan fingerprint density at radius 3 is 2.67 bits per heavy atom. The van der Waals surface area contributed by atoms with Crippen LogP contribution in [0, 0.1) is 20.8 Å². The number of hydrogen-bond acceptors (Lipinski definition) is 5. The number of rotatable bonds is 4. The number of nitrogens with one attached hydrogen (secondary N) is 2. The molecule has 1 aliphatic heterocycles. The van der Waals surface area contributed by atoms with Crippen LogP contribution >= 0.6 is 11.3 Å². The summed E-state index contributed by atoms with van der Waals surface area (Å²) in [6.07, 6.45) is 2.55. The lowest BCUT2D eigenvalue weighted by molar-refractivity contribution is 0.792. The van der Waals surface area contributed by atoms with Crippen LogP contribution in [0.2, 0.25) is 0 Å². The zero-order valence-electron chi connectivity index (χ0n) is 16.3. The minimum Gasteiger partial charge on any atom is -0.375 e. The van der Waals surface area contributed by atoms with Crippen molar-refractivity contribution in [2.75, 3.05) is 23.3 Å². The number of aromatic amines is 1. The Labute approximate surface area is 163 Å². The molecule has 5 nitrogen and oxygen atoms in total. The highest BCUT2D eigenvalue weighted by Gasteiger charge is 2.17. The Kier molecular flexibility index (Phi) is 4.68. The third-order valence-electron chi connectivity index (χ3n) is 5.49. The fourth-order valence-electron chi connectivity index (χ4n) is 3.85. The van der Waals surface area contributed by atoms with Crippen molar-refractivity contribution < 1.29 is 0 Å². The summed E-state index contributed by atoms with van der Waals surface area (Å²) in [5.74, 6) is 0.676. The first kappa shape index (κ1) is 18.0. The fourth-order valence-corrected chi connectivity index (χ4v) is 4.89. The van der Waals surface area contributed by atoms with E-state index in [1.807, 2.05) is 20.8 Å². The largest absolute Gasteiger partial charge is 0.375 e. The number of H-pyrrole nitrogens is 1. The summed E-state index contributed by atoms with van der Waals surface area (Å²) in [4.78, 5) is 24.6. The Morgan fingerprint density at radius 2 is 1.96 bits per heavy atom. The van der Waals surface area contributed by atoms with Crippen molar-refractivity contribution in [3.63, 3.8) is 0 Å². The number of nitrogens with zero attached hydrogens (tertiary/aromatic N) is 2. The molecule has 6 heteroatoms. The molecule has 0 radical (unpaired) electrons. The predicted molar refractivity (Wildman–Crippen MR) is 114 cm³/mol. The monoisotopic (exact) mass is 382 g/mol. The van der Waals surface area contributed by atoms with E-state index in [1.54, 1.807) is 11.3 Å². The van der Waals surface area contributed by atoms with Gasteiger partial charge in [-0.2, -0.15) is 0 Å². The molecule has 142 valence electrons. The molecule has 1 fully saturated rings. The summed E-state index contributed by atoms with van der Waals surface area (Å²) in [5.41, 5.74) is 4.62. The standard InChI is InChI=1S/C21H26N4OS/c1-12-11-16(7-8-17(12)25-9-5-6-10-25)22-14(3)19-23-20(26)18-13(2)15(4)27-21(18)24-19/h7-8,11,14,22H,5-6,9-10H2,1-4H3,(H,23,24,26)/t14-/m1/s1. The molecule has 1 saturated heterocycles. The smallest absolute Gasteiger partial charge is 0.259 e. The molecular weight excluding hydrogens is 356 g/mol. The number of anilines is 2. The van der Waals surface area contributed by atoms with Crippen LogP contribution in [0.15, 0.2) is 23.0 Å². The van der Waals surface area contributed by atoms with E-state index in [4.69, 9.17) is 4.98 Å². The van der Waals surface area contributed by atoms with E-state index in [0.29, 0.717) is 5.82 Å². The molecule has 27 heavy (non-hydrogen) atoms. The zero-order chi connectivity index (χ0) is 19.1. The van der Waals surface area contributed by atoms with Gasteiger partial charge in [0.25, 0.3) is 5.56 Å². The van der Waals surface area contributed by atoms with E-state index in [1.165, 1.54) is 24.1 Å². The van der Waals surface area contributed by atoms with Gasteiger partial charge in [0.15, 0.2) is 0 Å². The summed E-state index contributed by atoms with van der Waals surface area (Å²) in [7, 11) is 0. The lowest BCUT2D eigenvalue weighted by Crippen LogP contribution is -2.19. The molecule has 0 saturated carbocycles. The number of hydrogen-bond donors (Lipinski definition) is 2. The molecule has 0 bridgehead atoms. The summed E-state index contributed by atoms with van der Waals surface area (Å²) < 4.78 is 0. The van der Waals surface area contributed by atoms with Crippen LogP contribution in [0.4, 0.5) is 11.4 Å². The molecule has 2 N–H and O–H groups in total. The third-order valence-corrected chi connectivity index (χ3v) is 6.60. The van der Waals surface area contributed by atoms with E-state index in [9.17, 15) is 4.79 Å². The van der Waals surface area contributed by atoms with Crippen LogP contribution in [0.1, 0.15) is 47.6 Å². The van der Waals surface area contributed by atoms with Crippen LogP contribution in [0.5, 0.6) is 0 Å². The van der Waals surface area contributed by atoms with Gasteiger partial charge in [0, 0.05) is 29.3 Å². The Bertz CT molecular complexity index is 1050. The minimum absolute atomic E-state index is 0.0499. The van der Waals surface area contributed by atoms with Gasteiger partial charge in [-0.25, -0.2) is 4.98 Å². The molecule has 2 aromatic heterocycles. The van der Waals surface area contributed by atoms with Crippen molar-refractivity contribution in [1.82, 2.24) is 9.97 Å². The van der Waals surface area contributed by atoms with Gasteiger partial charge >= 0.3 is 0 Å². The topological polar surface area (TPSA) is 61.0 Å². The fraction of sp³-hybridized carbons (Fsp3) is 0.429. The second-order valence-corrected chi connectivity index (χ2v) is 8.68. The highest BCUT2D eigenvalue weighted by Crippen LogP contribution is 2.29. The molecule has 0 unspecified atom stereocenters. The lowest BCUT2D eigenvalue weighted by atomic mass is 10.1. The van der Waals surface area contributed by atoms with Gasteiger partial charge in [0.2, 0.25) is 0 Å². The van der Waals surface area contributed by atoms with E-state index < -0.39 is 0 Å². The molecule has 3 heterocycles. The van der Waals surface area contributed by atoms with Crippen molar-refractivity contribution in [3.05, 3.63) is 50.4 Å². The molecule has 0 spiro atoms. The Hall–Kier alpha value is -2.34. The normalized spacial score (nSPS) is 15.5. The maximum absolute atomic E-state index is 12.5. The van der Waals surface area contributed by atoms with Gasteiger partial charge in [-0.05, 0) is 69.9 Å². The zero-order valence-corrected chi connectivity index (χ0v) is 17.2. The average molecular weight is 383 g/mol. The van der Waals surface area contributed by atoms with Gasteiger partial charge in [-0.3, -0.25) is 4.79 Å². The second kappa shape index (κ2) is 7.00. The lowest BCUT2D eigenvalue weighted by Gasteiger charge is -2.22. The van der Waals surface area contributed by atoms with Gasteiger partial charge in [-0.15, -0.1) is 11.3 Å². The number of aryl methyl sites for hydroxylation is 3. The maximum Gasteiger partial charge on any atom is 0.259 e. The first-order valence-electron chi connectivity index (χ1n) is 9.56. The molecule has 1 atom stereocenters. The Morgan fingerprint density at radius 1 is 1.22 bits per heavy atom. The molecule has 3 aromatic rings. The highest BCUT2D eigenvalue weighted by atomic mass is 32.1. The third kappa shape index (κ3) is 3.34. The van der Waals surface area contributed by atoms with E-state index in [0.717, 1.165) is 39.4 Å². The van der Waals surface area contributed by atoms with Crippen molar-refractivity contribution in [2.24, 2.45) is 0 Å². The SMILES string of the molecule is Cc1cc(N[C@H](C)c2nc3sc(C)c(C)c3c(=O)[nH]2)ccc1N1CCCC1. The predicted octanol–water partition coefficient (Wildman–Crippen LogP) is 4.68. The van der Waals surface area contributed by atoms with Crippen molar-refractivity contribution in [3.8, 4) is 0 Å². The highest BCUT2D eigenvalue weighted by molar-refractivity contribution is 7.18. The quantitative estimate of drug-likeness (QED) is 0.688. The maximum atomic E-state index is 12.5. The summed E-state index contributed by atoms with van der Waals surface area (Å²) >= 11 is 1.58. The first-order chi connectivity index (χ1) is 12.9. The summed E-state index contributed by atoms with van der Waals surface area (Å²) in [5, 5.41) is 4.21. The van der Waals surface area contributed by atoms with E-state index in [-0.39, 0.29) is 11.6 Å². The van der Waals surface area contributed by atoms with Gasteiger partial charge < -0.3 is 15.2 Å². The van der Waals surface area contributed by atoms with E-state index in [2.05, 4.69) is 40.3 Å². The minimum atomic E-state index is -0.0816. The number of fused-ring (bicyclic) bond motifs is 1. The molecular formula is C21H26N4OS. The van der Waals surface area contributed by atoms with E-state index >= 15 is 0 Å². The molecule has 1 aliphatic rings. The molecule has 0 amide bonds. The van der Waals surface area contributed by atoms with Gasteiger partial charge in [0.05, 0.1) is 11.4 Å². The van der Waals surface area contributed by atoms with Gasteiger partial charge in [0.1, 0.15) is 10.7 Å². The van der Waals surface area contributed by atoms with Crippen LogP contribution in [0.3, 0.4) is 0 Å². The number of aromatic nitrogens is 2. The second-order valence-electron chi connectivity index (χ2n) is 7.48. The van der Waals surface area contributed by atoms with Crippen LogP contribution in [-0.4, -0.2) is 23.1 Å². The first-order valence-corrected chi connectivity index (χ1v) is 10.4. The van der Waals surface area contributed by atoms with Gasteiger partial charge in [-0.1, -0.05) is 0 Å².